The predicted molar refractivity (Wildman–Crippen MR) is 93.1 cm³/mol. The number of amides is 1. The topological polar surface area (TPSA) is 63.2 Å². The zero-order valence-electron chi connectivity index (χ0n) is 13.4. The summed E-state index contributed by atoms with van der Waals surface area (Å²) in [5.74, 6) is 0.993. The molecule has 0 atom stereocenters. The van der Waals surface area contributed by atoms with Crippen LogP contribution < -0.4 is 15.4 Å². The van der Waals surface area contributed by atoms with Gasteiger partial charge in [-0.25, -0.2) is 4.98 Å². The third-order valence-corrected chi connectivity index (χ3v) is 4.99. The second-order valence-electron chi connectivity index (χ2n) is 5.67. The van der Waals surface area contributed by atoms with Crippen molar-refractivity contribution in [1.82, 2.24) is 10.3 Å². The standard InChI is InChI=1S/C17H21N3O2S/c1-11-15(12-3-5-14(22-2)6-4-12)19-17(23-11)20-16(21)13-7-9-18-10-8-13/h3-6,13,18H,7-10H2,1-2H3,(H,19,20,21). The lowest BCUT2D eigenvalue weighted by molar-refractivity contribution is -0.120. The van der Waals surface area contributed by atoms with Gasteiger partial charge in [0.05, 0.1) is 12.8 Å². The Morgan fingerprint density at radius 2 is 2.00 bits per heavy atom. The van der Waals surface area contributed by atoms with E-state index < -0.39 is 0 Å². The van der Waals surface area contributed by atoms with Crippen molar-refractivity contribution in [1.29, 1.82) is 0 Å². The number of benzene rings is 1. The smallest absolute Gasteiger partial charge is 0.229 e. The van der Waals surface area contributed by atoms with Crippen molar-refractivity contribution in [2.45, 2.75) is 19.8 Å². The van der Waals surface area contributed by atoms with Gasteiger partial charge >= 0.3 is 0 Å². The van der Waals surface area contributed by atoms with Crippen molar-refractivity contribution in [3.63, 3.8) is 0 Å². The van der Waals surface area contributed by atoms with E-state index in [9.17, 15) is 4.79 Å². The lowest BCUT2D eigenvalue weighted by Gasteiger charge is -2.21. The Hall–Kier alpha value is -1.92. The summed E-state index contributed by atoms with van der Waals surface area (Å²) in [6.45, 7) is 3.84. The van der Waals surface area contributed by atoms with Gasteiger partial charge in [0.1, 0.15) is 5.75 Å². The molecule has 2 N–H and O–H groups in total. The summed E-state index contributed by atoms with van der Waals surface area (Å²) in [7, 11) is 1.65. The summed E-state index contributed by atoms with van der Waals surface area (Å²) in [4.78, 5) is 18.0. The highest BCUT2D eigenvalue weighted by molar-refractivity contribution is 7.16. The Morgan fingerprint density at radius 3 is 2.65 bits per heavy atom. The van der Waals surface area contributed by atoms with Crippen LogP contribution in [0, 0.1) is 12.8 Å². The fourth-order valence-electron chi connectivity index (χ4n) is 2.76. The highest BCUT2D eigenvalue weighted by atomic mass is 32.1. The zero-order chi connectivity index (χ0) is 16.2. The molecule has 2 heterocycles. The molecule has 1 saturated heterocycles. The molecule has 23 heavy (non-hydrogen) atoms. The number of hydrogen-bond donors (Lipinski definition) is 2. The fraction of sp³-hybridized carbons (Fsp3) is 0.412. The molecule has 0 spiro atoms. The molecular formula is C17H21N3O2S. The second kappa shape index (κ2) is 7.10. The molecule has 6 heteroatoms. The Balaban J connectivity index is 1.73. The molecule has 0 aliphatic carbocycles. The van der Waals surface area contributed by atoms with Gasteiger partial charge in [-0.15, -0.1) is 11.3 Å². The second-order valence-corrected chi connectivity index (χ2v) is 6.87. The maximum absolute atomic E-state index is 12.3. The molecule has 0 saturated carbocycles. The van der Waals surface area contributed by atoms with Gasteiger partial charge in [-0.05, 0) is 57.1 Å². The van der Waals surface area contributed by atoms with Gasteiger partial charge in [-0.2, -0.15) is 0 Å². The molecule has 2 aromatic rings. The van der Waals surface area contributed by atoms with Gasteiger partial charge in [-0.3, -0.25) is 4.79 Å². The minimum atomic E-state index is 0.0848. The van der Waals surface area contributed by atoms with Gasteiger partial charge in [0.15, 0.2) is 5.13 Å². The van der Waals surface area contributed by atoms with Gasteiger partial charge < -0.3 is 15.4 Å². The van der Waals surface area contributed by atoms with Crippen LogP contribution in [-0.2, 0) is 4.79 Å². The van der Waals surface area contributed by atoms with Crippen molar-refractivity contribution < 1.29 is 9.53 Å². The summed E-state index contributed by atoms with van der Waals surface area (Å²) in [6, 6.07) is 7.81. The van der Waals surface area contributed by atoms with E-state index in [2.05, 4.69) is 15.6 Å². The number of rotatable bonds is 4. The normalized spacial score (nSPS) is 15.4. The Morgan fingerprint density at radius 1 is 1.30 bits per heavy atom. The van der Waals surface area contributed by atoms with Crippen LogP contribution in [-0.4, -0.2) is 31.1 Å². The van der Waals surface area contributed by atoms with Gasteiger partial charge in [0.2, 0.25) is 5.91 Å². The van der Waals surface area contributed by atoms with Crippen LogP contribution in [0.2, 0.25) is 0 Å². The number of carbonyl (C=O) groups is 1. The van der Waals surface area contributed by atoms with Crippen LogP contribution in [0.4, 0.5) is 5.13 Å². The summed E-state index contributed by atoms with van der Waals surface area (Å²) in [6.07, 6.45) is 1.78. The first-order chi connectivity index (χ1) is 11.2. The SMILES string of the molecule is COc1ccc(-c2nc(NC(=O)C3CCNCC3)sc2C)cc1. The van der Waals surface area contributed by atoms with Crippen LogP contribution in [0.15, 0.2) is 24.3 Å². The lowest BCUT2D eigenvalue weighted by atomic mass is 9.97. The molecule has 5 nitrogen and oxygen atoms in total. The molecule has 1 aliphatic rings. The minimum absolute atomic E-state index is 0.0848. The minimum Gasteiger partial charge on any atom is -0.497 e. The van der Waals surface area contributed by atoms with E-state index >= 15 is 0 Å². The third kappa shape index (κ3) is 3.71. The summed E-state index contributed by atoms with van der Waals surface area (Å²) in [5, 5.41) is 6.93. The average Bonchev–Trinajstić information content (AvgIpc) is 2.96. The summed E-state index contributed by atoms with van der Waals surface area (Å²) < 4.78 is 5.18. The molecule has 1 amide bonds. The number of aromatic nitrogens is 1. The average molecular weight is 331 g/mol. The number of hydrogen-bond acceptors (Lipinski definition) is 5. The van der Waals surface area contributed by atoms with Crippen LogP contribution in [0.5, 0.6) is 5.75 Å². The molecule has 1 aliphatic heterocycles. The van der Waals surface area contributed by atoms with E-state index in [4.69, 9.17) is 4.74 Å². The number of nitrogens with zero attached hydrogens (tertiary/aromatic N) is 1. The molecular weight excluding hydrogens is 310 g/mol. The number of thiazole rings is 1. The summed E-state index contributed by atoms with van der Waals surface area (Å²) in [5.41, 5.74) is 1.94. The van der Waals surface area contributed by atoms with E-state index in [1.54, 1.807) is 7.11 Å². The number of methoxy groups -OCH3 is 1. The number of ether oxygens (including phenoxy) is 1. The maximum atomic E-state index is 12.3. The highest BCUT2D eigenvalue weighted by Gasteiger charge is 2.22. The van der Waals surface area contributed by atoms with Gasteiger partial charge in [0, 0.05) is 16.4 Å². The number of piperidine rings is 1. The molecule has 0 radical (unpaired) electrons. The Labute approximate surface area is 140 Å². The first-order valence-electron chi connectivity index (χ1n) is 7.81. The van der Waals surface area contributed by atoms with E-state index in [0.717, 1.165) is 47.8 Å². The van der Waals surface area contributed by atoms with Crippen LogP contribution >= 0.6 is 11.3 Å². The molecule has 122 valence electrons. The molecule has 1 aromatic heterocycles. The monoisotopic (exact) mass is 331 g/mol. The number of anilines is 1. The van der Waals surface area contributed by atoms with E-state index in [-0.39, 0.29) is 11.8 Å². The third-order valence-electron chi connectivity index (χ3n) is 4.10. The molecule has 0 unspecified atom stereocenters. The molecule has 3 rings (SSSR count). The fourth-order valence-corrected chi connectivity index (χ4v) is 3.60. The van der Waals surface area contributed by atoms with Crippen molar-refractivity contribution in [2.75, 3.05) is 25.5 Å². The lowest BCUT2D eigenvalue weighted by Crippen LogP contribution is -2.34. The van der Waals surface area contributed by atoms with Crippen LogP contribution in [0.3, 0.4) is 0 Å². The first-order valence-corrected chi connectivity index (χ1v) is 8.62. The first kappa shape index (κ1) is 16.0. The van der Waals surface area contributed by atoms with Gasteiger partial charge in [-0.1, -0.05) is 0 Å². The van der Waals surface area contributed by atoms with Crippen LogP contribution in [0.25, 0.3) is 11.3 Å². The predicted octanol–water partition coefficient (Wildman–Crippen LogP) is 3.07. The quantitative estimate of drug-likeness (QED) is 0.904. The zero-order valence-corrected chi connectivity index (χ0v) is 14.2. The van der Waals surface area contributed by atoms with Crippen LogP contribution in [0.1, 0.15) is 17.7 Å². The molecule has 1 fully saturated rings. The van der Waals surface area contributed by atoms with Crippen molar-refractivity contribution in [3.8, 4) is 17.0 Å². The Kier molecular flexibility index (Phi) is 4.93. The van der Waals surface area contributed by atoms with Crippen molar-refractivity contribution in [3.05, 3.63) is 29.1 Å². The molecule has 1 aromatic carbocycles. The van der Waals surface area contributed by atoms with E-state index in [1.807, 2.05) is 31.2 Å². The number of carbonyl (C=O) groups excluding carboxylic acids is 1. The summed E-state index contributed by atoms with van der Waals surface area (Å²) >= 11 is 1.52. The van der Waals surface area contributed by atoms with E-state index in [0.29, 0.717) is 5.13 Å². The highest BCUT2D eigenvalue weighted by Crippen LogP contribution is 2.31. The number of aryl methyl sites for hydroxylation is 1. The number of nitrogens with one attached hydrogen (secondary N) is 2. The van der Waals surface area contributed by atoms with Crippen molar-refractivity contribution >= 4 is 22.4 Å². The maximum Gasteiger partial charge on any atom is 0.229 e. The van der Waals surface area contributed by atoms with Crippen molar-refractivity contribution in [2.24, 2.45) is 5.92 Å². The van der Waals surface area contributed by atoms with E-state index in [1.165, 1.54) is 11.3 Å². The Bertz CT molecular complexity index is 676. The molecule has 0 bridgehead atoms. The van der Waals surface area contributed by atoms with Gasteiger partial charge in [0.25, 0.3) is 0 Å². The largest absolute Gasteiger partial charge is 0.497 e.